The summed E-state index contributed by atoms with van der Waals surface area (Å²) in [7, 11) is 3.16. The lowest BCUT2D eigenvalue weighted by molar-refractivity contribution is 0.0934. The minimum Gasteiger partial charge on any atom is -0.497 e. The number of imidazole rings is 1. The summed E-state index contributed by atoms with van der Waals surface area (Å²) >= 11 is 0. The fourth-order valence-corrected chi connectivity index (χ4v) is 2.72. The fraction of sp³-hybridized carbons (Fsp3) is 0.250. The molecule has 8 heteroatoms. The van der Waals surface area contributed by atoms with Crippen LogP contribution in [0.2, 0.25) is 0 Å². The van der Waals surface area contributed by atoms with Crippen LogP contribution in [-0.2, 0) is 11.3 Å². The number of pyridine rings is 1. The number of rotatable bonds is 8. The van der Waals surface area contributed by atoms with E-state index >= 15 is 0 Å². The predicted molar refractivity (Wildman–Crippen MR) is 104 cm³/mol. The smallest absolute Gasteiger partial charge is 0.287 e. The van der Waals surface area contributed by atoms with E-state index in [2.05, 4.69) is 15.6 Å². The van der Waals surface area contributed by atoms with E-state index in [0.29, 0.717) is 25.2 Å². The van der Waals surface area contributed by atoms with Gasteiger partial charge in [-0.25, -0.2) is 4.98 Å². The molecule has 8 nitrogen and oxygen atoms in total. The van der Waals surface area contributed by atoms with E-state index in [1.165, 1.54) is 0 Å². The van der Waals surface area contributed by atoms with Crippen LogP contribution in [0, 0.1) is 0 Å². The molecule has 0 radical (unpaired) electrons. The van der Waals surface area contributed by atoms with Crippen LogP contribution in [0.1, 0.15) is 26.7 Å². The second-order valence-electron chi connectivity index (χ2n) is 6.02. The fourth-order valence-electron chi connectivity index (χ4n) is 2.72. The van der Waals surface area contributed by atoms with E-state index in [4.69, 9.17) is 9.47 Å². The predicted octanol–water partition coefficient (Wildman–Crippen LogP) is 1.65. The normalized spacial score (nSPS) is 10.6. The van der Waals surface area contributed by atoms with E-state index in [1.54, 1.807) is 43.0 Å². The van der Waals surface area contributed by atoms with Crippen molar-refractivity contribution < 1.29 is 19.1 Å². The van der Waals surface area contributed by atoms with Gasteiger partial charge >= 0.3 is 0 Å². The molecule has 28 heavy (non-hydrogen) atoms. The number of fused-ring (bicyclic) bond motifs is 1. The first kappa shape index (κ1) is 19.4. The lowest BCUT2D eigenvalue weighted by Crippen LogP contribution is -2.28. The number of nitrogens with zero attached hydrogens (tertiary/aromatic N) is 2. The maximum Gasteiger partial charge on any atom is 0.287 e. The monoisotopic (exact) mass is 382 g/mol. The molecule has 1 aromatic carbocycles. The van der Waals surface area contributed by atoms with Gasteiger partial charge in [-0.05, 0) is 29.8 Å². The van der Waals surface area contributed by atoms with Crippen LogP contribution in [0.25, 0.3) is 5.52 Å². The quantitative estimate of drug-likeness (QED) is 0.578. The molecule has 0 aliphatic carbocycles. The summed E-state index contributed by atoms with van der Waals surface area (Å²) < 4.78 is 11.7. The molecule has 3 aromatic rings. The van der Waals surface area contributed by atoms with Crippen molar-refractivity contribution in [3.63, 3.8) is 0 Å². The van der Waals surface area contributed by atoms with Crippen LogP contribution < -0.4 is 15.4 Å². The summed E-state index contributed by atoms with van der Waals surface area (Å²) in [6.07, 6.45) is 1.70. The number of amides is 2. The van der Waals surface area contributed by atoms with Crippen LogP contribution in [-0.4, -0.2) is 48.6 Å². The molecule has 0 bridgehead atoms. The third kappa shape index (κ3) is 4.29. The Hall–Kier alpha value is -3.39. The lowest BCUT2D eigenvalue weighted by atomic mass is 10.2. The van der Waals surface area contributed by atoms with Gasteiger partial charge in [-0.1, -0.05) is 18.2 Å². The third-order valence-corrected chi connectivity index (χ3v) is 4.17. The number of nitrogens with one attached hydrogen (secondary N) is 2. The molecule has 2 N–H and O–H groups in total. The number of aromatic nitrogens is 2. The summed E-state index contributed by atoms with van der Waals surface area (Å²) in [6.45, 7) is 1.09. The average Bonchev–Trinajstić information content (AvgIpc) is 3.12. The van der Waals surface area contributed by atoms with Crippen molar-refractivity contribution in [1.82, 2.24) is 20.0 Å². The standard InChI is InChI=1S/C20H22N4O4/c1-27-12-10-21-19(25)17-16-5-3-4-11-24(16)18(23-17)20(26)22-13-14-6-8-15(28-2)9-7-14/h3-9,11H,10,12-13H2,1-2H3,(H,21,25)(H,22,26). The second-order valence-corrected chi connectivity index (χ2v) is 6.02. The van der Waals surface area contributed by atoms with Gasteiger partial charge in [0, 0.05) is 26.4 Å². The van der Waals surface area contributed by atoms with Crippen molar-refractivity contribution in [3.05, 3.63) is 65.7 Å². The zero-order chi connectivity index (χ0) is 19.9. The molecule has 0 unspecified atom stereocenters. The number of ether oxygens (including phenoxy) is 2. The molecule has 0 saturated heterocycles. The maximum absolute atomic E-state index is 12.7. The van der Waals surface area contributed by atoms with Crippen molar-refractivity contribution >= 4 is 17.3 Å². The molecule has 2 aromatic heterocycles. The molecule has 2 heterocycles. The van der Waals surface area contributed by atoms with E-state index in [9.17, 15) is 9.59 Å². The first-order valence-corrected chi connectivity index (χ1v) is 8.79. The van der Waals surface area contributed by atoms with Gasteiger partial charge in [-0.3, -0.25) is 14.0 Å². The molecule has 2 amide bonds. The van der Waals surface area contributed by atoms with Gasteiger partial charge in [0.05, 0.1) is 19.2 Å². The highest BCUT2D eigenvalue weighted by Gasteiger charge is 2.21. The average molecular weight is 382 g/mol. The topological polar surface area (TPSA) is 94.0 Å². The summed E-state index contributed by atoms with van der Waals surface area (Å²) in [5, 5.41) is 5.56. The second kappa shape index (κ2) is 9.01. The first-order chi connectivity index (χ1) is 13.6. The third-order valence-electron chi connectivity index (χ3n) is 4.17. The zero-order valence-corrected chi connectivity index (χ0v) is 15.8. The highest BCUT2D eigenvalue weighted by Crippen LogP contribution is 2.14. The summed E-state index contributed by atoms with van der Waals surface area (Å²) in [5.41, 5.74) is 1.69. The van der Waals surface area contributed by atoms with Crippen LogP contribution in [0.15, 0.2) is 48.7 Å². The minimum atomic E-state index is -0.368. The van der Waals surface area contributed by atoms with E-state index in [1.807, 2.05) is 24.3 Å². The molecule has 3 rings (SSSR count). The number of carbonyl (C=O) groups is 2. The molecular weight excluding hydrogens is 360 g/mol. The van der Waals surface area contributed by atoms with E-state index in [-0.39, 0.29) is 23.3 Å². The molecule has 0 fully saturated rings. The molecular formula is C20H22N4O4. The minimum absolute atomic E-state index is 0.154. The van der Waals surface area contributed by atoms with Gasteiger partial charge in [-0.15, -0.1) is 0 Å². The van der Waals surface area contributed by atoms with Gasteiger partial charge in [-0.2, -0.15) is 0 Å². The Morgan fingerprint density at radius 2 is 1.82 bits per heavy atom. The number of methoxy groups -OCH3 is 2. The molecule has 0 atom stereocenters. The first-order valence-electron chi connectivity index (χ1n) is 8.79. The molecule has 0 aliphatic rings. The van der Waals surface area contributed by atoms with Crippen molar-refractivity contribution in [2.45, 2.75) is 6.54 Å². The zero-order valence-electron chi connectivity index (χ0n) is 15.8. The summed E-state index contributed by atoms with van der Waals surface area (Å²) in [5.74, 6) is 0.183. The molecule has 0 spiro atoms. The van der Waals surface area contributed by atoms with Crippen molar-refractivity contribution in [3.8, 4) is 5.75 Å². The van der Waals surface area contributed by atoms with Gasteiger partial charge in [0.1, 0.15) is 5.75 Å². The van der Waals surface area contributed by atoms with E-state index in [0.717, 1.165) is 11.3 Å². The highest BCUT2D eigenvalue weighted by molar-refractivity contribution is 6.02. The SMILES string of the molecule is COCCNC(=O)c1nc(C(=O)NCc2ccc(OC)cc2)n2ccccc12. The van der Waals surface area contributed by atoms with Gasteiger partial charge in [0.2, 0.25) is 5.82 Å². The Kier molecular flexibility index (Phi) is 6.23. The summed E-state index contributed by atoms with van der Waals surface area (Å²) in [4.78, 5) is 29.4. The van der Waals surface area contributed by atoms with Crippen LogP contribution in [0.5, 0.6) is 5.75 Å². The Bertz CT molecular complexity index is 966. The van der Waals surface area contributed by atoms with Crippen molar-refractivity contribution in [1.29, 1.82) is 0 Å². The maximum atomic E-state index is 12.7. The molecule has 0 aliphatic heterocycles. The van der Waals surface area contributed by atoms with Gasteiger partial charge < -0.3 is 20.1 Å². The summed E-state index contributed by atoms with van der Waals surface area (Å²) in [6, 6.07) is 12.7. The van der Waals surface area contributed by atoms with Crippen molar-refractivity contribution in [2.24, 2.45) is 0 Å². The van der Waals surface area contributed by atoms with E-state index < -0.39 is 0 Å². The Morgan fingerprint density at radius 3 is 2.54 bits per heavy atom. The number of benzene rings is 1. The Labute approximate surface area is 162 Å². The van der Waals surface area contributed by atoms with Crippen molar-refractivity contribution in [2.75, 3.05) is 27.4 Å². The van der Waals surface area contributed by atoms with Crippen LogP contribution >= 0.6 is 0 Å². The van der Waals surface area contributed by atoms with Crippen LogP contribution in [0.4, 0.5) is 0 Å². The Balaban J connectivity index is 1.77. The molecule has 0 saturated carbocycles. The van der Waals surface area contributed by atoms with Gasteiger partial charge in [0.25, 0.3) is 11.8 Å². The van der Waals surface area contributed by atoms with Crippen LogP contribution in [0.3, 0.4) is 0 Å². The number of hydrogen-bond acceptors (Lipinski definition) is 5. The number of carbonyl (C=O) groups excluding carboxylic acids is 2. The number of hydrogen-bond donors (Lipinski definition) is 2. The van der Waals surface area contributed by atoms with Gasteiger partial charge in [0.15, 0.2) is 5.69 Å². The largest absolute Gasteiger partial charge is 0.497 e. The Morgan fingerprint density at radius 1 is 1.04 bits per heavy atom. The highest BCUT2D eigenvalue weighted by atomic mass is 16.5. The lowest BCUT2D eigenvalue weighted by Gasteiger charge is -2.06. The molecule has 146 valence electrons.